The fourth-order valence-corrected chi connectivity index (χ4v) is 2.17. The van der Waals surface area contributed by atoms with Crippen LogP contribution in [0.25, 0.3) is 0 Å². The molecule has 27 heavy (non-hydrogen) atoms. The van der Waals surface area contributed by atoms with Crippen molar-refractivity contribution in [3.05, 3.63) is 29.8 Å². The van der Waals surface area contributed by atoms with Gasteiger partial charge in [0.25, 0.3) is 0 Å². The van der Waals surface area contributed by atoms with Gasteiger partial charge in [0.1, 0.15) is 11.4 Å². The van der Waals surface area contributed by atoms with Gasteiger partial charge in [-0.3, -0.25) is 9.59 Å². The molecule has 8 heteroatoms. The second kappa shape index (κ2) is 11.1. The minimum Gasteiger partial charge on any atom is -0.496 e. The van der Waals surface area contributed by atoms with E-state index in [1.807, 2.05) is 18.2 Å². The van der Waals surface area contributed by atoms with Gasteiger partial charge in [0, 0.05) is 31.6 Å². The third-order valence-electron chi connectivity index (χ3n) is 3.33. The average Bonchev–Trinajstić information content (AvgIpc) is 2.57. The van der Waals surface area contributed by atoms with Gasteiger partial charge in [0.15, 0.2) is 0 Å². The summed E-state index contributed by atoms with van der Waals surface area (Å²) in [6, 6.07) is 7.32. The average molecular weight is 379 g/mol. The maximum Gasteiger partial charge on any atom is 0.407 e. The molecule has 0 radical (unpaired) electrons. The number of ether oxygens (including phenoxy) is 2. The molecule has 1 aromatic rings. The van der Waals surface area contributed by atoms with Crippen LogP contribution in [0.1, 0.15) is 32.8 Å². The zero-order chi connectivity index (χ0) is 20.3. The Labute approximate surface area is 160 Å². The van der Waals surface area contributed by atoms with Crippen molar-refractivity contribution in [3.63, 3.8) is 0 Å². The Morgan fingerprint density at radius 2 is 1.56 bits per heavy atom. The van der Waals surface area contributed by atoms with E-state index in [1.165, 1.54) is 0 Å². The third-order valence-corrected chi connectivity index (χ3v) is 3.33. The molecule has 0 atom stereocenters. The van der Waals surface area contributed by atoms with Crippen molar-refractivity contribution in [1.82, 2.24) is 16.0 Å². The summed E-state index contributed by atoms with van der Waals surface area (Å²) in [5, 5.41) is 7.93. The first-order valence-electron chi connectivity index (χ1n) is 8.83. The minimum atomic E-state index is -0.575. The zero-order valence-corrected chi connectivity index (χ0v) is 16.4. The molecule has 150 valence electrons. The lowest BCUT2D eigenvalue weighted by Gasteiger charge is -2.19. The second-order valence-electron chi connectivity index (χ2n) is 6.87. The number of benzene rings is 1. The molecule has 0 aromatic heterocycles. The Balaban J connectivity index is 2.15. The number of rotatable bonds is 9. The van der Waals surface area contributed by atoms with E-state index >= 15 is 0 Å². The number of nitrogens with one attached hydrogen (secondary N) is 3. The normalized spacial score (nSPS) is 10.7. The lowest BCUT2D eigenvalue weighted by Crippen LogP contribution is -2.37. The van der Waals surface area contributed by atoms with Gasteiger partial charge < -0.3 is 25.4 Å². The molecule has 0 unspecified atom stereocenters. The highest BCUT2D eigenvalue weighted by Gasteiger charge is 2.15. The molecular weight excluding hydrogens is 350 g/mol. The van der Waals surface area contributed by atoms with Crippen LogP contribution >= 0.6 is 0 Å². The van der Waals surface area contributed by atoms with Crippen LogP contribution in [0.3, 0.4) is 0 Å². The highest BCUT2D eigenvalue weighted by molar-refractivity contribution is 5.79. The van der Waals surface area contributed by atoms with E-state index < -0.39 is 11.7 Å². The molecule has 3 N–H and O–H groups in total. The zero-order valence-electron chi connectivity index (χ0n) is 16.4. The molecule has 3 amide bonds. The highest BCUT2D eigenvalue weighted by Crippen LogP contribution is 2.17. The van der Waals surface area contributed by atoms with Crippen molar-refractivity contribution in [2.45, 2.75) is 39.2 Å². The predicted molar refractivity (Wildman–Crippen MR) is 102 cm³/mol. The largest absolute Gasteiger partial charge is 0.496 e. The van der Waals surface area contributed by atoms with Gasteiger partial charge in [0.05, 0.1) is 13.5 Å². The molecule has 1 rings (SSSR count). The number of hydrogen-bond donors (Lipinski definition) is 3. The van der Waals surface area contributed by atoms with Gasteiger partial charge >= 0.3 is 6.09 Å². The standard InChI is InChI=1S/C19H29N3O5/c1-19(2,3)27-18(25)22-10-9-16(23)20-11-12-21-17(24)13-14-7-5-6-8-15(14)26-4/h5-8H,9-13H2,1-4H3,(H,20,23)(H,21,24)(H,22,25). The third kappa shape index (κ3) is 10.1. The van der Waals surface area contributed by atoms with E-state index in [9.17, 15) is 14.4 Å². The number of carbonyl (C=O) groups excluding carboxylic acids is 3. The molecule has 0 aliphatic heterocycles. The maximum atomic E-state index is 11.9. The van der Waals surface area contributed by atoms with E-state index in [2.05, 4.69) is 16.0 Å². The Bertz CT molecular complexity index is 640. The summed E-state index contributed by atoms with van der Waals surface area (Å²) < 4.78 is 10.3. The van der Waals surface area contributed by atoms with E-state index in [0.717, 1.165) is 5.56 Å². The van der Waals surface area contributed by atoms with Crippen molar-refractivity contribution in [2.24, 2.45) is 0 Å². The van der Waals surface area contributed by atoms with Crippen LogP contribution in [0.4, 0.5) is 4.79 Å². The summed E-state index contributed by atoms with van der Waals surface area (Å²) in [6.45, 7) is 6.10. The van der Waals surface area contributed by atoms with Gasteiger partial charge in [-0.2, -0.15) is 0 Å². The maximum absolute atomic E-state index is 11.9. The summed E-state index contributed by atoms with van der Waals surface area (Å²) in [7, 11) is 1.56. The van der Waals surface area contributed by atoms with Crippen molar-refractivity contribution in [1.29, 1.82) is 0 Å². The monoisotopic (exact) mass is 379 g/mol. The quantitative estimate of drug-likeness (QED) is 0.562. The Morgan fingerprint density at radius 1 is 0.926 bits per heavy atom. The van der Waals surface area contributed by atoms with Gasteiger partial charge in [-0.15, -0.1) is 0 Å². The molecule has 1 aromatic carbocycles. The first kappa shape index (κ1) is 22.3. The van der Waals surface area contributed by atoms with Crippen molar-refractivity contribution in [2.75, 3.05) is 26.7 Å². The molecule has 0 saturated heterocycles. The molecule has 0 bridgehead atoms. The lowest BCUT2D eigenvalue weighted by molar-refractivity contribution is -0.122. The molecule has 0 aliphatic carbocycles. The van der Waals surface area contributed by atoms with Crippen LogP contribution < -0.4 is 20.7 Å². The van der Waals surface area contributed by atoms with Crippen molar-refractivity contribution >= 4 is 17.9 Å². The van der Waals surface area contributed by atoms with Crippen molar-refractivity contribution < 1.29 is 23.9 Å². The summed E-state index contributed by atoms with van der Waals surface area (Å²) in [6.07, 6.45) is -0.217. The Hall–Kier alpha value is -2.77. The summed E-state index contributed by atoms with van der Waals surface area (Å²) >= 11 is 0. The van der Waals surface area contributed by atoms with E-state index in [-0.39, 0.29) is 31.2 Å². The summed E-state index contributed by atoms with van der Waals surface area (Å²) in [4.78, 5) is 35.1. The second-order valence-corrected chi connectivity index (χ2v) is 6.87. The topological polar surface area (TPSA) is 106 Å². The van der Waals surface area contributed by atoms with Gasteiger partial charge in [-0.1, -0.05) is 18.2 Å². The first-order chi connectivity index (χ1) is 12.7. The van der Waals surface area contributed by atoms with E-state index in [4.69, 9.17) is 9.47 Å². The minimum absolute atomic E-state index is 0.133. The van der Waals surface area contributed by atoms with Crippen LogP contribution in [0.5, 0.6) is 5.75 Å². The number of para-hydroxylation sites is 1. The summed E-state index contributed by atoms with van der Waals surface area (Å²) in [5.74, 6) is 0.295. The Morgan fingerprint density at radius 3 is 2.19 bits per heavy atom. The fourth-order valence-electron chi connectivity index (χ4n) is 2.17. The summed E-state index contributed by atoms with van der Waals surface area (Å²) in [5.41, 5.74) is 0.226. The molecule has 8 nitrogen and oxygen atoms in total. The number of methoxy groups -OCH3 is 1. The van der Waals surface area contributed by atoms with Crippen LogP contribution in [0.15, 0.2) is 24.3 Å². The van der Waals surface area contributed by atoms with Gasteiger partial charge in [0.2, 0.25) is 11.8 Å². The van der Waals surface area contributed by atoms with Gasteiger partial charge in [-0.05, 0) is 26.8 Å². The molecule has 0 heterocycles. The lowest BCUT2D eigenvalue weighted by atomic mass is 10.1. The van der Waals surface area contributed by atoms with Crippen LogP contribution in [-0.2, 0) is 20.7 Å². The van der Waals surface area contributed by atoms with Crippen LogP contribution in [0.2, 0.25) is 0 Å². The molecule has 0 saturated carbocycles. The van der Waals surface area contributed by atoms with Crippen molar-refractivity contribution in [3.8, 4) is 5.75 Å². The first-order valence-corrected chi connectivity index (χ1v) is 8.83. The molecule has 0 aliphatic rings. The fraction of sp³-hybridized carbons (Fsp3) is 0.526. The number of hydrogen-bond acceptors (Lipinski definition) is 5. The van der Waals surface area contributed by atoms with Crippen LogP contribution in [-0.4, -0.2) is 50.3 Å². The predicted octanol–water partition coefficient (Wildman–Crippen LogP) is 1.38. The van der Waals surface area contributed by atoms with E-state index in [1.54, 1.807) is 33.9 Å². The molecular formula is C19H29N3O5. The van der Waals surface area contributed by atoms with Gasteiger partial charge in [-0.25, -0.2) is 4.79 Å². The number of alkyl carbamates (subject to hydrolysis) is 1. The van der Waals surface area contributed by atoms with Crippen LogP contribution in [0, 0.1) is 0 Å². The Kier molecular flexibility index (Phi) is 9.12. The number of amides is 3. The smallest absolute Gasteiger partial charge is 0.407 e. The number of carbonyl (C=O) groups is 3. The highest BCUT2D eigenvalue weighted by atomic mass is 16.6. The molecule has 0 fully saturated rings. The SMILES string of the molecule is COc1ccccc1CC(=O)NCCNC(=O)CCNC(=O)OC(C)(C)C. The van der Waals surface area contributed by atoms with E-state index in [0.29, 0.717) is 18.8 Å². The molecule has 0 spiro atoms.